The van der Waals surface area contributed by atoms with Gasteiger partial charge in [-0.15, -0.1) is 0 Å². The minimum Gasteiger partial charge on any atom is -0.493 e. The van der Waals surface area contributed by atoms with Crippen LogP contribution in [0.2, 0.25) is 0 Å². The molecule has 2 aliphatic heterocycles. The van der Waals surface area contributed by atoms with Crippen molar-refractivity contribution in [1.82, 2.24) is 13.9 Å². The Bertz CT molecular complexity index is 1240. The van der Waals surface area contributed by atoms with Gasteiger partial charge in [-0.25, -0.2) is 13.9 Å². The number of amides is 1. The molecule has 2 N–H and O–H groups in total. The maximum absolute atomic E-state index is 15.1. The molecule has 1 aromatic carbocycles. The van der Waals surface area contributed by atoms with Crippen LogP contribution < -0.4 is 9.46 Å². The summed E-state index contributed by atoms with van der Waals surface area (Å²) in [5.74, 6) is -3.27. The van der Waals surface area contributed by atoms with Gasteiger partial charge >= 0.3 is 22.4 Å². The highest BCUT2D eigenvalue weighted by atomic mass is 32.2. The molecule has 2 heterocycles. The Kier molecular flexibility index (Phi) is 10.9. The molecule has 2 saturated heterocycles. The highest BCUT2D eigenvalue weighted by molar-refractivity contribution is 7.87. The number of ether oxygens (including phenoxy) is 2. The number of alkyl halides is 3. The number of carbonyl (C=O) groups excluding carboxylic acids is 1. The summed E-state index contributed by atoms with van der Waals surface area (Å²) in [5.41, 5.74) is 0.559. The van der Waals surface area contributed by atoms with Crippen LogP contribution in [-0.4, -0.2) is 92.8 Å². The first kappa shape index (κ1) is 33.4. The standard InChI is InChI=1S/C26H38FN3O5S.C2HF3O2/c1-29-15-21(16-29)35-20-9-11-30(12-10-20)36(32,33)28-26(31)23-13-22(19-7-4-8-19)25(14-24(23)27)34-17-18-5-2-3-6-18;3-2(4,5)1(6)7/h13-14,18-21H,2-12,15-17H2,1H3,(H,28,31);(H,6,7). The minimum absolute atomic E-state index is 0.0186. The maximum Gasteiger partial charge on any atom is 0.490 e. The minimum atomic E-state index is -5.08. The predicted octanol–water partition coefficient (Wildman–Crippen LogP) is 4.07. The van der Waals surface area contributed by atoms with E-state index in [0.29, 0.717) is 31.1 Å². The van der Waals surface area contributed by atoms with Crippen LogP contribution in [-0.2, 0) is 19.7 Å². The van der Waals surface area contributed by atoms with Gasteiger partial charge < -0.3 is 19.5 Å². The van der Waals surface area contributed by atoms with Gasteiger partial charge in [0, 0.05) is 32.2 Å². The molecule has 242 valence electrons. The van der Waals surface area contributed by atoms with E-state index in [1.807, 2.05) is 7.05 Å². The SMILES string of the molecule is CN1CC(OC2CCN(S(=O)(=O)NC(=O)c3cc(C4CCC4)c(OCC4CCCC4)cc3F)CC2)C1.O=C(O)C(F)(F)F. The lowest BCUT2D eigenvalue weighted by Crippen LogP contribution is -2.53. The van der Waals surface area contributed by atoms with Gasteiger partial charge in [0.25, 0.3) is 5.91 Å². The summed E-state index contributed by atoms with van der Waals surface area (Å²) in [5, 5.41) is 7.12. The highest BCUT2D eigenvalue weighted by Crippen LogP contribution is 2.42. The molecule has 1 amide bonds. The van der Waals surface area contributed by atoms with E-state index in [9.17, 15) is 26.4 Å². The lowest BCUT2D eigenvalue weighted by molar-refractivity contribution is -0.192. The first-order valence-electron chi connectivity index (χ1n) is 14.7. The van der Waals surface area contributed by atoms with Gasteiger partial charge in [-0.05, 0) is 69.0 Å². The average Bonchev–Trinajstić information content (AvgIpc) is 3.40. The van der Waals surface area contributed by atoms with E-state index in [4.69, 9.17) is 19.4 Å². The second-order valence-electron chi connectivity index (χ2n) is 11.8. The Labute approximate surface area is 248 Å². The van der Waals surface area contributed by atoms with Crippen molar-refractivity contribution in [3.63, 3.8) is 0 Å². The smallest absolute Gasteiger partial charge is 0.490 e. The third-order valence-corrected chi connectivity index (χ3v) is 9.95. The zero-order valence-electron chi connectivity index (χ0n) is 24.1. The van der Waals surface area contributed by atoms with Crippen molar-refractivity contribution < 1.29 is 50.1 Å². The number of carboxylic acids is 1. The predicted molar refractivity (Wildman–Crippen MR) is 147 cm³/mol. The zero-order valence-corrected chi connectivity index (χ0v) is 24.9. The Balaban J connectivity index is 0.000000541. The van der Waals surface area contributed by atoms with E-state index in [0.717, 1.165) is 50.8 Å². The number of likely N-dealkylation sites (tertiary alicyclic amines) is 1. The fourth-order valence-corrected chi connectivity index (χ4v) is 6.90. The van der Waals surface area contributed by atoms with Crippen molar-refractivity contribution in [1.29, 1.82) is 0 Å². The Morgan fingerprint density at radius 3 is 2.12 bits per heavy atom. The van der Waals surface area contributed by atoms with Gasteiger partial charge in [-0.3, -0.25) is 4.79 Å². The Hall–Kier alpha value is -2.49. The molecule has 43 heavy (non-hydrogen) atoms. The van der Waals surface area contributed by atoms with Crippen molar-refractivity contribution >= 4 is 22.1 Å². The summed E-state index contributed by atoms with van der Waals surface area (Å²) in [6.07, 6.45) is 3.94. The van der Waals surface area contributed by atoms with Crippen molar-refractivity contribution in [2.45, 2.75) is 82.1 Å². The molecule has 4 aliphatic rings. The number of benzene rings is 1. The average molecular weight is 638 g/mol. The normalized spacial score (nSPS) is 21.4. The third-order valence-electron chi connectivity index (χ3n) is 8.46. The van der Waals surface area contributed by atoms with Crippen LogP contribution in [0.15, 0.2) is 12.1 Å². The van der Waals surface area contributed by atoms with Crippen molar-refractivity contribution in [2.24, 2.45) is 5.92 Å². The van der Waals surface area contributed by atoms with Gasteiger partial charge in [0.15, 0.2) is 0 Å². The summed E-state index contributed by atoms with van der Waals surface area (Å²) >= 11 is 0. The molecule has 2 aliphatic carbocycles. The van der Waals surface area contributed by atoms with Crippen molar-refractivity contribution in [2.75, 3.05) is 39.8 Å². The molecule has 0 bridgehead atoms. The topological polar surface area (TPSA) is 125 Å². The largest absolute Gasteiger partial charge is 0.493 e. The molecule has 4 fully saturated rings. The quantitative estimate of drug-likeness (QED) is 0.389. The first-order valence-corrected chi connectivity index (χ1v) is 16.1. The summed E-state index contributed by atoms with van der Waals surface area (Å²) in [6, 6.07) is 2.77. The maximum atomic E-state index is 15.1. The number of hydrogen-bond donors (Lipinski definition) is 2. The number of halogens is 4. The summed E-state index contributed by atoms with van der Waals surface area (Å²) in [4.78, 5) is 24.0. The van der Waals surface area contributed by atoms with E-state index in [1.54, 1.807) is 0 Å². The van der Waals surface area contributed by atoms with E-state index >= 15 is 4.39 Å². The van der Waals surface area contributed by atoms with Crippen molar-refractivity contribution in [3.8, 4) is 5.75 Å². The summed E-state index contributed by atoms with van der Waals surface area (Å²) in [7, 11) is -2.05. The van der Waals surface area contributed by atoms with E-state index in [1.165, 1.54) is 29.3 Å². The van der Waals surface area contributed by atoms with Crippen LogP contribution in [0.4, 0.5) is 17.6 Å². The molecule has 1 aromatic rings. The second kappa shape index (κ2) is 14.1. The molecule has 0 atom stereocenters. The molecule has 0 spiro atoms. The van der Waals surface area contributed by atoms with Crippen LogP contribution in [0.25, 0.3) is 0 Å². The van der Waals surface area contributed by atoms with Crippen LogP contribution >= 0.6 is 0 Å². The summed E-state index contributed by atoms with van der Waals surface area (Å²) in [6.45, 7) is 2.87. The number of nitrogens with one attached hydrogen (secondary N) is 1. The number of rotatable bonds is 9. The molecular formula is C28H39F4N3O7S. The monoisotopic (exact) mass is 637 g/mol. The number of likely N-dealkylation sites (N-methyl/N-ethyl adjacent to an activating group) is 1. The van der Waals surface area contributed by atoms with Gasteiger partial charge in [0.05, 0.1) is 24.4 Å². The molecule has 0 radical (unpaired) electrons. The Morgan fingerprint density at radius 1 is 1.00 bits per heavy atom. The number of carbonyl (C=O) groups is 2. The Morgan fingerprint density at radius 2 is 1.60 bits per heavy atom. The lowest BCUT2D eigenvalue weighted by Gasteiger charge is -2.40. The fourth-order valence-electron chi connectivity index (χ4n) is 5.74. The molecule has 0 unspecified atom stereocenters. The number of carboxylic acid groups (broad SMARTS) is 1. The zero-order chi connectivity index (χ0) is 31.4. The van der Waals surface area contributed by atoms with Gasteiger partial charge in [0.2, 0.25) is 0 Å². The van der Waals surface area contributed by atoms with E-state index < -0.39 is 34.1 Å². The lowest BCUT2D eigenvalue weighted by atomic mass is 9.79. The van der Waals surface area contributed by atoms with Gasteiger partial charge in [-0.2, -0.15) is 25.9 Å². The molecule has 10 nitrogen and oxygen atoms in total. The van der Waals surface area contributed by atoms with Crippen LogP contribution in [0.5, 0.6) is 5.75 Å². The molecular weight excluding hydrogens is 598 g/mol. The van der Waals surface area contributed by atoms with Crippen LogP contribution in [0, 0.1) is 11.7 Å². The van der Waals surface area contributed by atoms with Crippen LogP contribution in [0.1, 0.15) is 79.6 Å². The fraction of sp³-hybridized carbons (Fsp3) is 0.714. The first-order chi connectivity index (χ1) is 20.2. The number of hydrogen-bond acceptors (Lipinski definition) is 7. The molecule has 15 heteroatoms. The van der Waals surface area contributed by atoms with E-state index in [2.05, 4.69) is 9.62 Å². The van der Waals surface area contributed by atoms with E-state index in [-0.39, 0.29) is 36.8 Å². The van der Waals surface area contributed by atoms with Gasteiger partial charge in [-0.1, -0.05) is 19.3 Å². The molecule has 5 rings (SSSR count). The molecule has 2 saturated carbocycles. The van der Waals surface area contributed by atoms with Gasteiger partial charge in [0.1, 0.15) is 11.6 Å². The van der Waals surface area contributed by atoms with Crippen molar-refractivity contribution in [3.05, 3.63) is 29.1 Å². The van der Waals surface area contributed by atoms with Crippen LogP contribution in [0.3, 0.4) is 0 Å². The number of aliphatic carboxylic acids is 1. The highest BCUT2D eigenvalue weighted by Gasteiger charge is 2.38. The molecule has 0 aromatic heterocycles. The second-order valence-corrected chi connectivity index (χ2v) is 13.4. The number of piperidine rings is 1. The third kappa shape index (κ3) is 9.02. The summed E-state index contributed by atoms with van der Waals surface area (Å²) < 4.78 is 88.0. The number of nitrogens with zero attached hydrogens (tertiary/aromatic N) is 2.